The zero-order valence-electron chi connectivity index (χ0n) is 34.6. The maximum Gasteiger partial charge on any atom is 0.248 e. The van der Waals surface area contributed by atoms with E-state index in [0.29, 0.717) is 113 Å². The first-order valence-corrected chi connectivity index (χ1v) is 21.7. The maximum absolute atomic E-state index is 12.7. The van der Waals surface area contributed by atoms with Gasteiger partial charge in [0, 0.05) is 51.5 Å². The van der Waals surface area contributed by atoms with Gasteiger partial charge in [0.1, 0.15) is 12.3 Å². The summed E-state index contributed by atoms with van der Waals surface area (Å²) in [5.74, 6) is 3.32. The Hall–Kier alpha value is -3.26. The van der Waals surface area contributed by atoms with E-state index in [1.54, 1.807) is 12.1 Å². The molecule has 0 bridgehead atoms. The van der Waals surface area contributed by atoms with E-state index in [2.05, 4.69) is 38.0 Å². The van der Waals surface area contributed by atoms with Crippen LogP contribution in [0.5, 0.6) is 0 Å². The van der Waals surface area contributed by atoms with Gasteiger partial charge < -0.3 is 39.6 Å². The molecule has 1 unspecified atom stereocenters. The molecule has 6 rings (SSSR count). The molecule has 4 amide bonds. The van der Waals surface area contributed by atoms with Crippen LogP contribution in [-0.4, -0.2) is 110 Å². The number of amides is 4. The van der Waals surface area contributed by atoms with Crippen molar-refractivity contribution >= 4 is 29.5 Å². The summed E-state index contributed by atoms with van der Waals surface area (Å²) in [6.07, 6.45) is 11.1. The normalized spacial score (nSPS) is 32.9. The molecule has 5 aliphatic rings. The Labute approximate surface area is 338 Å². The predicted octanol–water partition coefficient (Wildman–Crippen LogP) is 4.25. The topological polar surface area (TPSA) is 171 Å². The van der Waals surface area contributed by atoms with Crippen LogP contribution in [0.3, 0.4) is 0 Å². The number of furan rings is 1. The fraction of sp³-hybridized carbons (Fsp3) is 0.773. The monoisotopic (exact) mass is 796 g/mol. The van der Waals surface area contributed by atoms with Crippen LogP contribution in [0.1, 0.15) is 97.2 Å². The summed E-state index contributed by atoms with van der Waals surface area (Å²) in [5, 5.41) is 27.7. The van der Waals surface area contributed by atoms with Crippen molar-refractivity contribution in [2.45, 2.75) is 110 Å². The lowest BCUT2D eigenvalue weighted by atomic mass is 9.43. The number of rotatable bonds is 18. The fourth-order valence-corrected chi connectivity index (χ4v) is 11.9. The summed E-state index contributed by atoms with van der Waals surface area (Å²) in [5.41, 5.74) is 0.445. The van der Waals surface area contributed by atoms with Crippen LogP contribution in [0, 0.1) is 46.3 Å². The minimum atomic E-state index is -0.274. The minimum absolute atomic E-state index is 0.0272. The van der Waals surface area contributed by atoms with Crippen molar-refractivity contribution in [1.29, 1.82) is 0 Å². The van der Waals surface area contributed by atoms with Crippen molar-refractivity contribution < 1.29 is 43.3 Å². The Morgan fingerprint density at radius 2 is 1.61 bits per heavy atom. The Kier molecular flexibility index (Phi) is 14.6. The van der Waals surface area contributed by atoms with E-state index in [9.17, 15) is 29.4 Å². The molecule has 0 radical (unpaired) electrons. The molecule has 10 atom stereocenters. The largest absolute Gasteiger partial charge is 0.445 e. The first-order chi connectivity index (χ1) is 27.3. The van der Waals surface area contributed by atoms with Gasteiger partial charge in [-0.05, 0) is 116 Å². The summed E-state index contributed by atoms with van der Waals surface area (Å²) in [7, 11) is 0. The second-order valence-electron chi connectivity index (χ2n) is 18.1. The molecule has 4 saturated carbocycles. The Bertz CT molecular complexity index is 1570. The minimum Gasteiger partial charge on any atom is -0.445 e. The number of carbonyl (C=O) groups is 4. The molecule has 4 N–H and O–H groups in total. The van der Waals surface area contributed by atoms with E-state index >= 15 is 0 Å². The highest BCUT2D eigenvalue weighted by Crippen LogP contribution is 2.68. The van der Waals surface area contributed by atoms with Crippen molar-refractivity contribution in [2.24, 2.45) is 46.3 Å². The number of nitrogens with zero attached hydrogens (tertiary/aromatic N) is 2. The van der Waals surface area contributed by atoms with Gasteiger partial charge in [-0.15, -0.1) is 0 Å². The summed E-state index contributed by atoms with van der Waals surface area (Å²) < 4.78 is 17.0. The van der Waals surface area contributed by atoms with Gasteiger partial charge in [0.25, 0.3) is 0 Å². The molecule has 13 heteroatoms. The molecule has 13 nitrogen and oxygen atoms in total. The third-order valence-corrected chi connectivity index (χ3v) is 15.0. The fourth-order valence-electron chi connectivity index (χ4n) is 11.9. The number of fused-ring (bicyclic) bond motifs is 5. The molecule has 57 heavy (non-hydrogen) atoms. The second kappa shape index (κ2) is 19.2. The summed E-state index contributed by atoms with van der Waals surface area (Å²) >= 11 is 0. The molecule has 2 heterocycles. The first-order valence-electron chi connectivity index (χ1n) is 21.7. The molecular weight excluding hydrogens is 729 g/mol. The van der Waals surface area contributed by atoms with E-state index < -0.39 is 0 Å². The van der Waals surface area contributed by atoms with Crippen molar-refractivity contribution in [3.63, 3.8) is 0 Å². The van der Waals surface area contributed by atoms with E-state index in [-0.39, 0.29) is 59.6 Å². The molecule has 0 aromatic carbocycles. The lowest BCUT2D eigenvalue weighted by Crippen LogP contribution is -2.58. The Morgan fingerprint density at radius 1 is 0.930 bits per heavy atom. The molecular formula is C44H68N4O9. The highest BCUT2D eigenvalue weighted by Gasteiger charge is 2.62. The van der Waals surface area contributed by atoms with Crippen LogP contribution in [0.2, 0.25) is 0 Å². The zero-order chi connectivity index (χ0) is 40.7. The van der Waals surface area contributed by atoms with Crippen LogP contribution in [0.25, 0.3) is 0 Å². The first kappa shape index (κ1) is 43.3. The van der Waals surface area contributed by atoms with E-state index in [1.165, 1.54) is 41.6 Å². The summed E-state index contributed by atoms with van der Waals surface area (Å²) in [4.78, 5) is 52.3. The molecule has 318 valence electrons. The zero-order valence-corrected chi connectivity index (χ0v) is 34.6. The lowest BCUT2D eigenvalue weighted by Gasteiger charge is -2.62. The lowest BCUT2D eigenvalue weighted by molar-refractivity contribution is -0.174. The van der Waals surface area contributed by atoms with E-state index in [1.807, 2.05) is 0 Å². The molecule has 1 aromatic rings. The third-order valence-electron chi connectivity index (χ3n) is 15.0. The SMILES string of the molecule is C=CC(=O)N1CCN(c2ccc(CCC(=O)NCCOCCOCCNC(=O)CC[C@@H](C)[C@H]3CC[C@H]4[C@@H]5[C@H](O)CC6C[C@H](O)CC[C@]6(C)[C@H]5CC[C@]34C)o2)C(=O)C1. The summed E-state index contributed by atoms with van der Waals surface area (Å²) in [6, 6.07) is 3.46. The maximum atomic E-state index is 12.7. The van der Waals surface area contributed by atoms with Crippen LogP contribution in [-0.2, 0) is 35.1 Å². The van der Waals surface area contributed by atoms with Gasteiger partial charge in [-0.3, -0.25) is 24.1 Å². The van der Waals surface area contributed by atoms with Gasteiger partial charge in [0.2, 0.25) is 29.5 Å². The highest BCUT2D eigenvalue weighted by molar-refractivity contribution is 5.98. The van der Waals surface area contributed by atoms with E-state index in [4.69, 9.17) is 13.9 Å². The van der Waals surface area contributed by atoms with Gasteiger partial charge in [-0.2, -0.15) is 0 Å². The second-order valence-corrected chi connectivity index (χ2v) is 18.1. The van der Waals surface area contributed by atoms with Crippen LogP contribution < -0.4 is 15.5 Å². The number of nitrogens with one attached hydrogen (secondary N) is 2. The van der Waals surface area contributed by atoms with Gasteiger partial charge in [0.15, 0.2) is 0 Å². The van der Waals surface area contributed by atoms with Gasteiger partial charge in [-0.1, -0.05) is 27.4 Å². The van der Waals surface area contributed by atoms with Gasteiger partial charge in [0.05, 0.1) is 38.6 Å². The van der Waals surface area contributed by atoms with Crippen molar-refractivity contribution in [2.75, 3.05) is 64.1 Å². The number of aliphatic hydroxyl groups is 2. The number of piperazine rings is 1. The van der Waals surface area contributed by atoms with Gasteiger partial charge >= 0.3 is 0 Å². The van der Waals surface area contributed by atoms with Crippen LogP contribution >= 0.6 is 0 Å². The van der Waals surface area contributed by atoms with E-state index in [0.717, 1.165) is 32.1 Å². The average molecular weight is 797 g/mol. The summed E-state index contributed by atoms with van der Waals surface area (Å²) in [6.45, 7) is 13.8. The quantitative estimate of drug-likeness (QED) is 0.125. The molecule has 1 aliphatic heterocycles. The van der Waals surface area contributed by atoms with Crippen LogP contribution in [0.4, 0.5) is 5.88 Å². The Balaban J connectivity index is 0.781. The number of aryl methyl sites for hydroxylation is 1. The van der Waals surface area contributed by atoms with Gasteiger partial charge in [-0.25, -0.2) is 0 Å². The number of aliphatic hydroxyl groups excluding tert-OH is 2. The molecule has 1 aromatic heterocycles. The molecule has 0 spiro atoms. The third kappa shape index (κ3) is 9.96. The Morgan fingerprint density at radius 3 is 2.32 bits per heavy atom. The highest BCUT2D eigenvalue weighted by atomic mass is 16.5. The smallest absolute Gasteiger partial charge is 0.248 e. The number of ether oxygens (including phenoxy) is 2. The average Bonchev–Trinajstić information content (AvgIpc) is 3.81. The molecule has 4 aliphatic carbocycles. The number of hydrogen-bond acceptors (Lipinski definition) is 9. The number of anilines is 1. The predicted molar refractivity (Wildman–Crippen MR) is 215 cm³/mol. The number of carbonyl (C=O) groups excluding carboxylic acids is 4. The van der Waals surface area contributed by atoms with Crippen LogP contribution in [0.15, 0.2) is 29.2 Å². The molecule has 5 fully saturated rings. The van der Waals surface area contributed by atoms with Crippen molar-refractivity contribution in [1.82, 2.24) is 15.5 Å². The van der Waals surface area contributed by atoms with Crippen molar-refractivity contribution in [3.8, 4) is 0 Å². The number of hydrogen-bond donors (Lipinski definition) is 4. The standard InChI is InChI=1S/C44H68N4O9/c1-5-39(53)47-20-21-48(40(54)28-47)41-13-8-32(57-41)7-12-38(52)46-19-23-56-25-24-55-22-18-45-37(51)11-6-29(2)33-9-10-34-42-35(15-17-44(33,34)4)43(3)16-14-31(49)26-30(43)27-36(42)50/h5,8,13,29-31,33-36,42,49-50H,1,6-7,9-12,14-28H2,2-4H3,(H,45,51)(H,46,52)/t29-,30?,31-,33-,34+,35+,36-,42+,43+,44-/m1/s1. The van der Waals surface area contributed by atoms with Crippen molar-refractivity contribution in [3.05, 3.63) is 30.5 Å². The molecule has 1 saturated heterocycles.